The lowest BCUT2D eigenvalue weighted by Crippen LogP contribution is -1.97. The van der Waals surface area contributed by atoms with Crippen molar-refractivity contribution in [2.24, 2.45) is 0 Å². The highest BCUT2D eigenvalue weighted by Crippen LogP contribution is 2.19. The van der Waals surface area contributed by atoms with E-state index in [1.165, 1.54) is 34.0 Å². The highest BCUT2D eigenvalue weighted by Gasteiger charge is 2.01. The molecule has 2 rings (SSSR count). The van der Waals surface area contributed by atoms with Crippen molar-refractivity contribution in [3.05, 3.63) is 40.2 Å². The van der Waals surface area contributed by atoms with Gasteiger partial charge in [-0.3, -0.25) is 4.68 Å². The molecule has 1 aromatic heterocycles. The molecule has 1 aromatic carbocycles. The molecule has 0 aliphatic carbocycles. The minimum Gasteiger partial charge on any atom is -0.272 e. The van der Waals surface area contributed by atoms with Crippen LogP contribution in [0.15, 0.2) is 36.7 Å². The van der Waals surface area contributed by atoms with Crippen LogP contribution in [0.3, 0.4) is 0 Å². The Kier molecular flexibility index (Phi) is 4.59. The molecule has 0 aliphatic heterocycles. The second-order valence-corrected chi connectivity index (χ2v) is 5.45. The van der Waals surface area contributed by atoms with Gasteiger partial charge < -0.3 is 0 Å². The Morgan fingerprint density at radius 1 is 1.12 bits per heavy atom. The molecule has 0 unspecified atom stereocenters. The highest BCUT2D eigenvalue weighted by molar-refractivity contribution is 14.1. The molecule has 0 N–H and O–H groups in total. The third-order valence-corrected chi connectivity index (χ3v) is 3.52. The van der Waals surface area contributed by atoms with Gasteiger partial charge in [0.25, 0.3) is 0 Å². The van der Waals surface area contributed by atoms with Gasteiger partial charge in [0.05, 0.1) is 6.20 Å². The second-order valence-electron chi connectivity index (χ2n) is 4.21. The summed E-state index contributed by atoms with van der Waals surface area (Å²) >= 11 is 2.32. The van der Waals surface area contributed by atoms with E-state index in [2.05, 4.69) is 65.1 Å². The maximum Gasteiger partial charge on any atom is 0.0568 e. The standard InChI is InChI=1S/C14H17IN2/c1-2-3-4-9-17-11-13(10-16-17)12-5-7-14(15)8-6-12/h5-8,10-11H,2-4,9H2,1H3. The summed E-state index contributed by atoms with van der Waals surface area (Å²) < 4.78 is 3.31. The molecule has 0 spiro atoms. The molecule has 17 heavy (non-hydrogen) atoms. The van der Waals surface area contributed by atoms with Crippen molar-refractivity contribution in [1.82, 2.24) is 9.78 Å². The van der Waals surface area contributed by atoms with Crippen LogP contribution in [0.5, 0.6) is 0 Å². The van der Waals surface area contributed by atoms with Crippen molar-refractivity contribution >= 4 is 22.6 Å². The predicted molar refractivity (Wildman–Crippen MR) is 79.9 cm³/mol. The van der Waals surface area contributed by atoms with Crippen LogP contribution in [0.1, 0.15) is 26.2 Å². The zero-order chi connectivity index (χ0) is 12.1. The van der Waals surface area contributed by atoms with E-state index in [9.17, 15) is 0 Å². The van der Waals surface area contributed by atoms with E-state index in [-0.39, 0.29) is 0 Å². The summed E-state index contributed by atoms with van der Waals surface area (Å²) in [6.45, 7) is 3.25. The van der Waals surface area contributed by atoms with Gasteiger partial charge in [-0.1, -0.05) is 31.9 Å². The zero-order valence-corrected chi connectivity index (χ0v) is 12.2. The Morgan fingerprint density at radius 2 is 1.88 bits per heavy atom. The Hall–Kier alpha value is -0.840. The van der Waals surface area contributed by atoms with Crippen LogP contribution >= 0.6 is 22.6 Å². The summed E-state index contributed by atoms with van der Waals surface area (Å²) in [5, 5.41) is 4.40. The molecule has 0 bridgehead atoms. The van der Waals surface area contributed by atoms with Gasteiger partial charge in [0.2, 0.25) is 0 Å². The first kappa shape index (κ1) is 12.6. The Labute approximate surface area is 116 Å². The topological polar surface area (TPSA) is 17.8 Å². The van der Waals surface area contributed by atoms with Crippen molar-refractivity contribution in [3.63, 3.8) is 0 Å². The normalized spacial score (nSPS) is 10.7. The van der Waals surface area contributed by atoms with Crippen LogP contribution in [0, 0.1) is 3.57 Å². The van der Waals surface area contributed by atoms with Crippen LogP contribution in [0.2, 0.25) is 0 Å². The zero-order valence-electron chi connectivity index (χ0n) is 10.1. The van der Waals surface area contributed by atoms with Gasteiger partial charge in [-0.05, 0) is 46.7 Å². The van der Waals surface area contributed by atoms with E-state index in [4.69, 9.17) is 0 Å². The summed E-state index contributed by atoms with van der Waals surface area (Å²) in [5.41, 5.74) is 2.45. The lowest BCUT2D eigenvalue weighted by atomic mass is 10.1. The molecule has 0 aliphatic rings. The lowest BCUT2D eigenvalue weighted by molar-refractivity contribution is 0.553. The molecule has 90 valence electrons. The van der Waals surface area contributed by atoms with Gasteiger partial charge in [0.1, 0.15) is 0 Å². The Bertz CT molecular complexity index is 459. The molecule has 0 radical (unpaired) electrons. The maximum absolute atomic E-state index is 4.40. The summed E-state index contributed by atoms with van der Waals surface area (Å²) in [7, 11) is 0. The largest absolute Gasteiger partial charge is 0.272 e. The summed E-state index contributed by atoms with van der Waals surface area (Å²) in [6, 6.07) is 8.55. The monoisotopic (exact) mass is 340 g/mol. The van der Waals surface area contributed by atoms with Gasteiger partial charge >= 0.3 is 0 Å². The van der Waals surface area contributed by atoms with E-state index in [1.807, 2.05) is 10.9 Å². The molecule has 0 fully saturated rings. The smallest absolute Gasteiger partial charge is 0.0568 e. The average Bonchev–Trinajstić information content (AvgIpc) is 2.79. The first-order valence-electron chi connectivity index (χ1n) is 6.08. The van der Waals surface area contributed by atoms with Crippen molar-refractivity contribution in [2.75, 3.05) is 0 Å². The third kappa shape index (κ3) is 3.56. The molecule has 3 heteroatoms. The van der Waals surface area contributed by atoms with E-state index in [0.717, 1.165) is 6.54 Å². The molecule has 0 saturated heterocycles. The predicted octanol–water partition coefficient (Wildman–Crippen LogP) is 4.34. The van der Waals surface area contributed by atoms with Crippen molar-refractivity contribution in [3.8, 4) is 11.1 Å². The number of hydrogen-bond acceptors (Lipinski definition) is 1. The number of hydrogen-bond donors (Lipinski definition) is 0. The van der Waals surface area contributed by atoms with Crippen LogP contribution in [-0.4, -0.2) is 9.78 Å². The summed E-state index contributed by atoms with van der Waals surface area (Å²) in [5.74, 6) is 0. The number of aromatic nitrogens is 2. The molecule has 1 heterocycles. The molecule has 2 nitrogen and oxygen atoms in total. The number of unbranched alkanes of at least 4 members (excludes halogenated alkanes) is 2. The van der Waals surface area contributed by atoms with Crippen LogP contribution < -0.4 is 0 Å². The van der Waals surface area contributed by atoms with Crippen molar-refractivity contribution in [2.45, 2.75) is 32.7 Å². The fourth-order valence-electron chi connectivity index (χ4n) is 1.80. The van der Waals surface area contributed by atoms with Crippen LogP contribution in [0.25, 0.3) is 11.1 Å². The van der Waals surface area contributed by atoms with Crippen LogP contribution in [-0.2, 0) is 6.54 Å². The number of nitrogens with zero attached hydrogens (tertiary/aromatic N) is 2. The van der Waals surface area contributed by atoms with Gasteiger partial charge in [0, 0.05) is 21.9 Å². The summed E-state index contributed by atoms with van der Waals surface area (Å²) in [6.07, 6.45) is 7.83. The second kappa shape index (κ2) is 6.19. The molecule has 0 saturated carbocycles. The first-order valence-corrected chi connectivity index (χ1v) is 7.16. The number of benzene rings is 1. The van der Waals surface area contributed by atoms with Crippen molar-refractivity contribution in [1.29, 1.82) is 0 Å². The molecular weight excluding hydrogens is 323 g/mol. The van der Waals surface area contributed by atoms with Crippen LogP contribution in [0.4, 0.5) is 0 Å². The SMILES string of the molecule is CCCCCn1cc(-c2ccc(I)cc2)cn1. The first-order chi connectivity index (χ1) is 8.29. The highest BCUT2D eigenvalue weighted by atomic mass is 127. The minimum atomic E-state index is 1.03. The van der Waals surface area contributed by atoms with Gasteiger partial charge in [-0.25, -0.2) is 0 Å². The molecule has 0 atom stereocenters. The summed E-state index contributed by atoms with van der Waals surface area (Å²) in [4.78, 5) is 0. The van der Waals surface area contributed by atoms with E-state index < -0.39 is 0 Å². The number of aryl methyl sites for hydroxylation is 1. The lowest BCUT2D eigenvalue weighted by Gasteiger charge is -1.99. The number of rotatable bonds is 5. The fourth-order valence-corrected chi connectivity index (χ4v) is 2.16. The van der Waals surface area contributed by atoms with Crippen molar-refractivity contribution < 1.29 is 0 Å². The minimum absolute atomic E-state index is 1.03. The van der Waals surface area contributed by atoms with E-state index in [1.54, 1.807) is 0 Å². The Morgan fingerprint density at radius 3 is 2.59 bits per heavy atom. The maximum atomic E-state index is 4.40. The van der Waals surface area contributed by atoms with Gasteiger partial charge in [-0.15, -0.1) is 0 Å². The molecule has 2 aromatic rings. The third-order valence-electron chi connectivity index (χ3n) is 2.80. The fraction of sp³-hybridized carbons (Fsp3) is 0.357. The van der Waals surface area contributed by atoms with E-state index >= 15 is 0 Å². The Balaban J connectivity index is 2.04. The molecular formula is C14H17IN2. The quantitative estimate of drug-likeness (QED) is 0.585. The van der Waals surface area contributed by atoms with Gasteiger partial charge in [0.15, 0.2) is 0 Å². The molecule has 0 amide bonds. The van der Waals surface area contributed by atoms with E-state index in [0.29, 0.717) is 0 Å². The van der Waals surface area contributed by atoms with Gasteiger partial charge in [-0.2, -0.15) is 5.10 Å². The average molecular weight is 340 g/mol. The number of halogens is 1.